The quantitative estimate of drug-likeness (QED) is 0.706. The van der Waals surface area contributed by atoms with Gasteiger partial charge in [-0.15, -0.1) is 5.10 Å². The number of nitrogens with zero attached hydrogens (tertiary/aromatic N) is 4. The topological polar surface area (TPSA) is 55.6 Å². The highest BCUT2D eigenvalue weighted by molar-refractivity contribution is 4.89. The van der Waals surface area contributed by atoms with Crippen molar-refractivity contribution in [2.75, 3.05) is 6.54 Å². The lowest BCUT2D eigenvalue weighted by molar-refractivity contribution is 0.454. The number of tetrazole rings is 1. The summed E-state index contributed by atoms with van der Waals surface area (Å²) in [4.78, 5) is 0. The molecule has 0 saturated carbocycles. The molecule has 0 spiro atoms. The second-order valence-corrected chi connectivity index (χ2v) is 4.93. The van der Waals surface area contributed by atoms with Gasteiger partial charge >= 0.3 is 0 Å². The van der Waals surface area contributed by atoms with E-state index in [1.165, 1.54) is 12.8 Å². The van der Waals surface area contributed by atoms with Crippen LogP contribution in [0.1, 0.15) is 58.8 Å². The lowest BCUT2D eigenvalue weighted by Crippen LogP contribution is -2.22. The Morgan fingerprint density at radius 2 is 2.00 bits per heavy atom. The number of aromatic nitrogens is 4. The van der Waals surface area contributed by atoms with Crippen LogP contribution in [0, 0.1) is 5.92 Å². The molecule has 1 rings (SSSR count). The Kier molecular flexibility index (Phi) is 6.11. The molecule has 5 heteroatoms. The molecule has 0 aliphatic heterocycles. The Morgan fingerprint density at radius 1 is 1.24 bits per heavy atom. The molecule has 0 aromatic carbocycles. The summed E-state index contributed by atoms with van der Waals surface area (Å²) in [6.07, 6.45) is 3.67. The molecule has 0 aliphatic rings. The van der Waals surface area contributed by atoms with Gasteiger partial charge in [-0.2, -0.15) is 0 Å². The highest BCUT2D eigenvalue weighted by Gasteiger charge is 2.12. The van der Waals surface area contributed by atoms with Crippen LogP contribution in [0.5, 0.6) is 0 Å². The van der Waals surface area contributed by atoms with E-state index >= 15 is 0 Å². The third kappa shape index (κ3) is 4.81. The second kappa shape index (κ2) is 7.37. The Morgan fingerprint density at radius 3 is 2.65 bits per heavy atom. The molecule has 1 aromatic heterocycles. The van der Waals surface area contributed by atoms with E-state index in [9.17, 15) is 0 Å². The highest BCUT2D eigenvalue weighted by atomic mass is 15.5. The number of hydrogen-bond donors (Lipinski definition) is 1. The average Bonchev–Trinajstić information content (AvgIpc) is 2.72. The van der Waals surface area contributed by atoms with Crippen molar-refractivity contribution < 1.29 is 0 Å². The molecule has 0 amide bonds. The standard InChI is InChI=1S/C12H25N5/c1-5-13-11(4)12-14-15-16-17(12)9-7-6-8-10(2)3/h10-11,13H,5-9H2,1-4H3. The van der Waals surface area contributed by atoms with Gasteiger partial charge in [-0.25, -0.2) is 4.68 Å². The Hall–Kier alpha value is -0.970. The molecule has 1 aromatic rings. The Balaban J connectivity index is 2.40. The SMILES string of the molecule is CCNC(C)c1nnnn1CCCCC(C)C. The molecule has 0 saturated heterocycles. The number of unbranched alkanes of at least 4 members (excludes halogenated alkanes) is 1. The van der Waals surface area contributed by atoms with Crippen LogP contribution in [-0.2, 0) is 6.54 Å². The van der Waals surface area contributed by atoms with Gasteiger partial charge in [0.25, 0.3) is 0 Å². The molecule has 17 heavy (non-hydrogen) atoms. The number of rotatable bonds is 8. The van der Waals surface area contributed by atoms with Crippen LogP contribution in [-0.4, -0.2) is 26.8 Å². The van der Waals surface area contributed by atoms with E-state index < -0.39 is 0 Å². The van der Waals surface area contributed by atoms with E-state index in [4.69, 9.17) is 0 Å². The van der Waals surface area contributed by atoms with Crippen molar-refractivity contribution in [3.63, 3.8) is 0 Å². The van der Waals surface area contributed by atoms with Crippen LogP contribution in [0.25, 0.3) is 0 Å². The molecule has 98 valence electrons. The van der Waals surface area contributed by atoms with Gasteiger partial charge in [0.15, 0.2) is 5.82 Å². The van der Waals surface area contributed by atoms with E-state index in [1.54, 1.807) is 0 Å². The van der Waals surface area contributed by atoms with Gasteiger partial charge in [0.1, 0.15) is 0 Å². The molecule has 1 N–H and O–H groups in total. The zero-order valence-corrected chi connectivity index (χ0v) is 11.5. The van der Waals surface area contributed by atoms with Crippen molar-refractivity contribution in [3.8, 4) is 0 Å². The molecule has 1 heterocycles. The largest absolute Gasteiger partial charge is 0.308 e. The minimum absolute atomic E-state index is 0.222. The maximum atomic E-state index is 4.09. The maximum Gasteiger partial charge on any atom is 0.167 e. The van der Waals surface area contributed by atoms with E-state index in [1.807, 2.05) is 4.68 Å². The fourth-order valence-corrected chi connectivity index (χ4v) is 1.89. The van der Waals surface area contributed by atoms with E-state index in [0.29, 0.717) is 0 Å². The van der Waals surface area contributed by atoms with Crippen LogP contribution < -0.4 is 5.32 Å². The summed E-state index contributed by atoms with van der Waals surface area (Å²) >= 11 is 0. The first-order valence-electron chi connectivity index (χ1n) is 6.64. The van der Waals surface area contributed by atoms with Gasteiger partial charge in [-0.1, -0.05) is 33.6 Å². The number of hydrogen-bond acceptors (Lipinski definition) is 4. The Bertz CT molecular complexity index is 308. The van der Waals surface area contributed by atoms with Crippen LogP contribution in [0.3, 0.4) is 0 Å². The first kappa shape index (κ1) is 14.1. The average molecular weight is 239 g/mol. The van der Waals surface area contributed by atoms with Crippen molar-refractivity contribution in [2.45, 2.75) is 59.5 Å². The lowest BCUT2D eigenvalue weighted by Gasteiger charge is -2.12. The third-order valence-electron chi connectivity index (χ3n) is 2.86. The second-order valence-electron chi connectivity index (χ2n) is 4.93. The molecule has 0 fully saturated rings. The van der Waals surface area contributed by atoms with Crippen molar-refractivity contribution in [3.05, 3.63) is 5.82 Å². The summed E-state index contributed by atoms with van der Waals surface area (Å²) in [6, 6.07) is 0.222. The van der Waals surface area contributed by atoms with E-state index in [2.05, 4.69) is 48.5 Å². The van der Waals surface area contributed by atoms with E-state index in [-0.39, 0.29) is 6.04 Å². The zero-order chi connectivity index (χ0) is 12.7. The smallest absolute Gasteiger partial charge is 0.167 e. The highest BCUT2D eigenvalue weighted by Crippen LogP contribution is 2.10. The summed E-state index contributed by atoms with van der Waals surface area (Å²) < 4.78 is 1.92. The molecule has 5 nitrogen and oxygen atoms in total. The third-order valence-corrected chi connectivity index (χ3v) is 2.86. The fraction of sp³-hybridized carbons (Fsp3) is 0.917. The van der Waals surface area contributed by atoms with Gasteiger partial charge in [0.2, 0.25) is 0 Å². The van der Waals surface area contributed by atoms with Crippen molar-refractivity contribution >= 4 is 0 Å². The summed E-state index contributed by atoms with van der Waals surface area (Å²) in [7, 11) is 0. The molecule has 1 atom stereocenters. The molecular weight excluding hydrogens is 214 g/mol. The molecule has 0 aliphatic carbocycles. The minimum atomic E-state index is 0.222. The normalized spacial score (nSPS) is 13.2. The molecule has 0 bridgehead atoms. The van der Waals surface area contributed by atoms with Crippen LogP contribution in [0.15, 0.2) is 0 Å². The summed E-state index contributed by atoms with van der Waals surface area (Å²) in [6.45, 7) is 10.6. The van der Waals surface area contributed by atoms with Crippen molar-refractivity contribution in [2.24, 2.45) is 5.92 Å². The van der Waals surface area contributed by atoms with Gasteiger partial charge in [0.05, 0.1) is 6.04 Å². The van der Waals surface area contributed by atoms with Crippen molar-refractivity contribution in [1.29, 1.82) is 0 Å². The van der Waals surface area contributed by atoms with Crippen LogP contribution in [0.4, 0.5) is 0 Å². The van der Waals surface area contributed by atoms with Crippen LogP contribution in [0.2, 0.25) is 0 Å². The van der Waals surface area contributed by atoms with Gasteiger partial charge in [-0.3, -0.25) is 0 Å². The Labute approximate surface area is 104 Å². The molecular formula is C12H25N5. The first-order chi connectivity index (χ1) is 8.15. The summed E-state index contributed by atoms with van der Waals surface area (Å²) in [5.74, 6) is 1.72. The molecule has 0 radical (unpaired) electrons. The summed E-state index contributed by atoms with van der Waals surface area (Å²) in [5, 5.41) is 15.2. The molecule has 1 unspecified atom stereocenters. The fourth-order valence-electron chi connectivity index (χ4n) is 1.89. The van der Waals surface area contributed by atoms with Gasteiger partial charge < -0.3 is 5.32 Å². The maximum absolute atomic E-state index is 4.09. The van der Waals surface area contributed by atoms with Gasteiger partial charge in [0, 0.05) is 6.54 Å². The summed E-state index contributed by atoms with van der Waals surface area (Å²) in [5.41, 5.74) is 0. The monoisotopic (exact) mass is 239 g/mol. The first-order valence-corrected chi connectivity index (χ1v) is 6.64. The predicted octanol–water partition coefficient (Wildman–Crippen LogP) is 2.17. The lowest BCUT2D eigenvalue weighted by atomic mass is 10.1. The van der Waals surface area contributed by atoms with Crippen molar-refractivity contribution in [1.82, 2.24) is 25.5 Å². The van der Waals surface area contributed by atoms with E-state index in [0.717, 1.165) is 31.3 Å². The minimum Gasteiger partial charge on any atom is -0.308 e. The zero-order valence-electron chi connectivity index (χ0n) is 11.5. The predicted molar refractivity (Wildman–Crippen MR) is 68.6 cm³/mol. The van der Waals surface area contributed by atoms with Gasteiger partial charge in [-0.05, 0) is 36.2 Å². The van der Waals surface area contributed by atoms with Crippen LogP contribution >= 0.6 is 0 Å². The number of aryl methyl sites for hydroxylation is 1. The number of nitrogens with one attached hydrogen (secondary N) is 1.